The first-order chi connectivity index (χ1) is 14.4. The minimum atomic E-state index is -3.72. The number of fused-ring (bicyclic) bond motifs is 1. The van der Waals surface area contributed by atoms with E-state index < -0.39 is 16.1 Å². The molecule has 0 saturated carbocycles. The Kier molecular flexibility index (Phi) is 5.99. The van der Waals surface area contributed by atoms with Gasteiger partial charge in [0.15, 0.2) is 6.10 Å². The molecule has 1 atom stereocenters. The highest BCUT2D eigenvalue weighted by atomic mass is 32.2. The van der Waals surface area contributed by atoms with Crippen LogP contribution in [0.1, 0.15) is 26.2 Å². The van der Waals surface area contributed by atoms with Gasteiger partial charge in [0.05, 0.1) is 23.8 Å². The Bertz CT molecular complexity index is 920. The van der Waals surface area contributed by atoms with Crippen molar-refractivity contribution in [1.29, 1.82) is 0 Å². The Hall–Kier alpha value is -2.17. The summed E-state index contributed by atoms with van der Waals surface area (Å²) in [5, 5.41) is 2.73. The average Bonchev–Trinajstić information content (AvgIpc) is 2.78. The maximum absolute atomic E-state index is 13.1. The minimum absolute atomic E-state index is 0.0921. The number of anilines is 1. The molecule has 0 aliphatic carbocycles. The van der Waals surface area contributed by atoms with E-state index in [4.69, 9.17) is 9.47 Å². The van der Waals surface area contributed by atoms with Crippen LogP contribution in [-0.2, 0) is 24.3 Å². The molecule has 0 bridgehead atoms. The molecule has 10 heteroatoms. The molecule has 3 aliphatic rings. The second-order valence-corrected chi connectivity index (χ2v) is 9.72. The molecule has 1 aromatic rings. The summed E-state index contributed by atoms with van der Waals surface area (Å²) in [5.41, 5.74) is 0.364. The summed E-state index contributed by atoms with van der Waals surface area (Å²) in [6, 6.07) is 4.53. The van der Waals surface area contributed by atoms with Gasteiger partial charge in [0.2, 0.25) is 15.9 Å². The topological polar surface area (TPSA) is 105 Å². The van der Waals surface area contributed by atoms with E-state index in [1.807, 2.05) is 11.8 Å². The molecular formula is C20H27N3O6S. The van der Waals surface area contributed by atoms with E-state index >= 15 is 0 Å². The molecule has 9 nitrogen and oxygen atoms in total. The molecule has 2 amide bonds. The van der Waals surface area contributed by atoms with Crippen molar-refractivity contribution in [2.24, 2.45) is 5.92 Å². The van der Waals surface area contributed by atoms with Crippen molar-refractivity contribution in [3.8, 4) is 5.75 Å². The van der Waals surface area contributed by atoms with E-state index in [1.54, 1.807) is 6.07 Å². The number of hydrogen-bond acceptors (Lipinski definition) is 6. The smallest absolute Gasteiger partial charge is 0.265 e. The number of benzene rings is 1. The highest BCUT2D eigenvalue weighted by Gasteiger charge is 2.35. The normalized spacial score (nSPS) is 23.4. The SMILES string of the molecule is CCC1Oc2ccc(S(=O)(=O)N3CCC(C(=O)N4CCOCC4)CC3)cc2NC1=O. The maximum Gasteiger partial charge on any atom is 0.265 e. The van der Waals surface area contributed by atoms with Crippen LogP contribution in [-0.4, -0.2) is 74.9 Å². The molecule has 0 radical (unpaired) electrons. The fourth-order valence-electron chi connectivity index (χ4n) is 4.09. The highest BCUT2D eigenvalue weighted by Crippen LogP contribution is 2.34. The van der Waals surface area contributed by atoms with Crippen LogP contribution in [0.2, 0.25) is 0 Å². The average molecular weight is 438 g/mol. The summed E-state index contributed by atoms with van der Waals surface area (Å²) in [6.07, 6.45) is 0.961. The standard InChI is InChI=1S/C20H27N3O6S/c1-2-17-19(24)21-16-13-15(3-4-18(16)29-17)30(26,27)23-7-5-14(6-8-23)20(25)22-9-11-28-12-10-22/h3-4,13-14,17H,2,5-12H2,1H3,(H,21,24). The van der Waals surface area contributed by atoms with Gasteiger partial charge >= 0.3 is 0 Å². The van der Waals surface area contributed by atoms with E-state index in [0.29, 0.717) is 70.1 Å². The van der Waals surface area contributed by atoms with E-state index in [-0.39, 0.29) is 22.6 Å². The van der Waals surface area contributed by atoms with Crippen LogP contribution >= 0.6 is 0 Å². The summed E-state index contributed by atoms with van der Waals surface area (Å²) in [6.45, 7) is 4.73. The summed E-state index contributed by atoms with van der Waals surface area (Å²) in [5.74, 6) is 0.128. The number of amides is 2. The molecule has 1 unspecified atom stereocenters. The summed E-state index contributed by atoms with van der Waals surface area (Å²) < 4.78 is 38.6. The molecule has 0 aromatic heterocycles. The summed E-state index contributed by atoms with van der Waals surface area (Å²) in [7, 11) is -3.72. The zero-order chi connectivity index (χ0) is 21.3. The van der Waals surface area contributed by atoms with Crippen molar-refractivity contribution in [3.63, 3.8) is 0 Å². The Morgan fingerprint density at radius 2 is 1.87 bits per heavy atom. The lowest BCUT2D eigenvalue weighted by Gasteiger charge is -2.35. The lowest BCUT2D eigenvalue weighted by Crippen LogP contribution is -2.47. The molecule has 30 heavy (non-hydrogen) atoms. The number of hydrogen-bond donors (Lipinski definition) is 1. The molecule has 4 rings (SSSR count). The molecule has 2 fully saturated rings. The molecule has 0 spiro atoms. The van der Waals surface area contributed by atoms with Crippen molar-refractivity contribution < 1.29 is 27.5 Å². The predicted octanol–water partition coefficient (Wildman–Crippen LogP) is 1.06. The van der Waals surface area contributed by atoms with Crippen LogP contribution in [0.4, 0.5) is 5.69 Å². The second kappa shape index (κ2) is 8.52. The molecule has 1 N–H and O–H groups in total. The largest absolute Gasteiger partial charge is 0.478 e. The number of ether oxygens (including phenoxy) is 2. The minimum Gasteiger partial charge on any atom is -0.478 e. The molecule has 3 heterocycles. The van der Waals surface area contributed by atoms with E-state index in [0.717, 1.165) is 0 Å². The van der Waals surface area contributed by atoms with E-state index in [2.05, 4.69) is 5.32 Å². The van der Waals surface area contributed by atoms with Gasteiger partial charge in [-0.1, -0.05) is 6.92 Å². The Balaban J connectivity index is 1.43. The monoisotopic (exact) mass is 437 g/mol. The molecule has 164 valence electrons. The third-order valence-electron chi connectivity index (χ3n) is 5.91. The first-order valence-electron chi connectivity index (χ1n) is 10.4. The maximum atomic E-state index is 13.1. The molecular weight excluding hydrogens is 410 g/mol. The van der Waals surface area contributed by atoms with Gasteiger partial charge in [0, 0.05) is 32.1 Å². The predicted molar refractivity (Wildman–Crippen MR) is 109 cm³/mol. The molecule has 3 aliphatic heterocycles. The number of rotatable bonds is 4. The van der Waals surface area contributed by atoms with Gasteiger partial charge in [-0.3, -0.25) is 9.59 Å². The first-order valence-corrected chi connectivity index (χ1v) is 11.8. The fraction of sp³-hybridized carbons (Fsp3) is 0.600. The van der Waals surface area contributed by atoms with Gasteiger partial charge in [0.1, 0.15) is 5.75 Å². The van der Waals surface area contributed by atoms with Gasteiger partial charge in [-0.15, -0.1) is 0 Å². The molecule has 1 aromatic carbocycles. The van der Waals surface area contributed by atoms with Crippen molar-refractivity contribution >= 4 is 27.5 Å². The summed E-state index contributed by atoms with van der Waals surface area (Å²) >= 11 is 0. The Labute approximate surface area is 176 Å². The lowest BCUT2D eigenvalue weighted by molar-refractivity contribution is -0.140. The van der Waals surface area contributed by atoms with E-state index in [1.165, 1.54) is 16.4 Å². The fourth-order valence-corrected chi connectivity index (χ4v) is 5.59. The molecule has 2 saturated heterocycles. The van der Waals surface area contributed by atoms with Crippen molar-refractivity contribution in [2.75, 3.05) is 44.7 Å². The van der Waals surface area contributed by atoms with E-state index in [9.17, 15) is 18.0 Å². The number of carbonyl (C=O) groups excluding carboxylic acids is 2. The van der Waals surface area contributed by atoms with Crippen LogP contribution in [0.15, 0.2) is 23.1 Å². The second-order valence-electron chi connectivity index (χ2n) is 7.78. The van der Waals surface area contributed by atoms with Crippen LogP contribution in [0, 0.1) is 5.92 Å². The third-order valence-corrected chi connectivity index (χ3v) is 7.80. The van der Waals surface area contributed by atoms with Gasteiger partial charge in [-0.25, -0.2) is 8.42 Å². The van der Waals surface area contributed by atoms with Gasteiger partial charge < -0.3 is 19.7 Å². The zero-order valence-corrected chi connectivity index (χ0v) is 17.8. The zero-order valence-electron chi connectivity index (χ0n) is 17.0. The quantitative estimate of drug-likeness (QED) is 0.755. The van der Waals surface area contributed by atoms with Crippen LogP contribution in [0.25, 0.3) is 0 Å². The number of sulfonamides is 1. The number of nitrogens with zero attached hydrogens (tertiary/aromatic N) is 2. The van der Waals surface area contributed by atoms with Gasteiger partial charge in [-0.2, -0.15) is 4.31 Å². The number of nitrogens with one attached hydrogen (secondary N) is 1. The number of piperidine rings is 1. The Morgan fingerprint density at radius 3 is 2.53 bits per heavy atom. The first kappa shape index (κ1) is 21.1. The van der Waals surface area contributed by atoms with Crippen LogP contribution in [0.5, 0.6) is 5.75 Å². The summed E-state index contributed by atoms with van der Waals surface area (Å²) in [4.78, 5) is 26.6. The van der Waals surface area contributed by atoms with Gasteiger partial charge in [0.25, 0.3) is 5.91 Å². The number of carbonyl (C=O) groups is 2. The van der Waals surface area contributed by atoms with Crippen molar-refractivity contribution in [2.45, 2.75) is 37.2 Å². The van der Waals surface area contributed by atoms with Crippen LogP contribution < -0.4 is 10.1 Å². The third kappa shape index (κ3) is 4.03. The number of morpholine rings is 1. The van der Waals surface area contributed by atoms with Crippen molar-refractivity contribution in [1.82, 2.24) is 9.21 Å². The van der Waals surface area contributed by atoms with Crippen molar-refractivity contribution in [3.05, 3.63) is 18.2 Å². The van der Waals surface area contributed by atoms with Crippen LogP contribution in [0.3, 0.4) is 0 Å². The Morgan fingerprint density at radius 1 is 1.17 bits per heavy atom. The van der Waals surface area contributed by atoms with Gasteiger partial charge in [-0.05, 0) is 37.5 Å². The highest BCUT2D eigenvalue weighted by molar-refractivity contribution is 7.89. The lowest BCUT2D eigenvalue weighted by atomic mass is 9.96.